The highest BCUT2D eigenvalue weighted by Gasteiger charge is 2.44. The number of hydrazine groups is 1. The Balaban J connectivity index is 1.32. The van der Waals surface area contributed by atoms with E-state index < -0.39 is 0 Å². The molecule has 136 valence electrons. The maximum atomic E-state index is 13.0. The SMILES string of the molecule is O=C(Cc1cccc2ccccc12)NNC(=O)C1CC1c1ccc(F)cc1. The summed E-state index contributed by atoms with van der Waals surface area (Å²) in [5.74, 6) is -0.871. The number of carbonyl (C=O) groups excluding carboxylic acids is 2. The molecule has 4 rings (SSSR count). The van der Waals surface area contributed by atoms with Gasteiger partial charge in [0.25, 0.3) is 0 Å². The van der Waals surface area contributed by atoms with Crippen LogP contribution in [-0.2, 0) is 16.0 Å². The fraction of sp³-hybridized carbons (Fsp3) is 0.182. The van der Waals surface area contributed by atoms with Crippen LogP contribution in [0.15, 0.2) is 66.7 Å². The van der Waals surface area contributed by atoms with Crippen LogP contribution in [0.25, 0.3) is 10.8 Å². The molecular weight excluding hydrogens is 343 g/mol. The highest BCUT2D eigenvalue weighted by molar-refractivity contribution is 5.91. The summed E-state index contributed by atoms with van der Waals surface area (Å²) >= 11 is 0. The minimum Gasteiger partial charge on any atom is -0.273 e. The number of rotatable bonds is 4. The maximum Gasteiger partial charge on any atom is 0.242 e. The zero-order chi connectivity index (χ0) is 18.8. The van der Waals surface area contributed by atoms with E-state index in [1.165, 1.54) is 12.1 Å². The normalized spacial score (nSPS) is 18.1. The number of fused-ring (bicyclic) bond motifs is 1. The van der Waals surface area contributed by atoms with Gasteiger partial charge in [0.15, 0.2) is 0 Å². The summed E-state index contributed by atoms with van der Waals surface area (Å²) in [6.45, 7) is 0. The number of carbonyl (C=O) groups is 2. The molecule has 0 heterocycles. The molecule has 1 fully saturated rings. The van der Waals surface area contributed by atoms with Crippen molar-refractivity contribution in [3.63, 3.8) is 0 Å². The summed E-state index contributed by atoms with van der Waals surface area (Å²) in [5, 5.41) is 2.10. The molecule has 27 heavy (non-hydrogen) atoms. The van der Waals surface area contributed by atoms with Crippen LogP contribution in [0.2, 0.25) is 0 Å². The summed E-state index contributed by atoms with van der Waals surface area (Å²) in [7, 11) is 0. The van der Waals surface area contributed by atoms with E-state index in [1.807, 2.05) is 42.5 Å². The van der Waals surface area contributed by atoms with E-state index in [9.17, 15) is 14.0 Å². The second kappa shape index (κ2) is 7.19. The second-order valence-electron chi connectivity index (χ2n) is 6.85. The molecule has 2 amide bonds. The summed E-state index contributed by atoms with van der Waals surface area (Å²) < 4.78 is 13.0. The van der Waals surface area contributed by atoms with E-state index in [1.54, 1.807) is 12.1 Å². The van der Waals surface area contributed by atoms with Gasteiger partial charge in [-0.2, -0.15) is 0 Å². The largest absolute Gasteiger partial charge is 0.273 e. The molecule has 1 saturated carbocycles. The molecule has 0 radical (unpaired) electrons. The fourth-order valence-electron chi connectivity index (χ4n) is 3.45. The van der Waals surface area contributed by atoms with Crippen molar-refractivity contribution in [1.82, 2.24) is 10.9 Å². The molecule has 0 saturated heterocycles. The highest BCUT2D eigenvalue weighted by atomic mass is 19.1. The van der Waals surface area contributed by atoms with Gasteiger partial charge in [0.05, 0.1) is 6.42 Å². The Kier molecular flexibility index (Phi) is 4.59. The van der Waals surface area contributed by atoms with E-state index in [4.69, 9.17) is 0 Å². The Morgan fingerprint density at radius 3 is 2.48 bits per heavy atom. The first-order valence-corrected chi connectivity index (χ1v) is 8.92. The zero-order valence-corrected chi connectivity index (χ0v) is 14.6. The highest BCUT2D eigenvalue weighted by Crippen LogP contribution is 2.47. The third kappa shape index (κ3) is 3.82. The molecule has 5 heteroatoms. The Morgan fingerprint density at radius 1 is 0.926 bits per heavy atom. The van der Waals surface area contributed by atoms with Gasteiger partial charge in [-0.25, -0.2) is 4.39 Å². The van der Waals surface area contributed by atoms with Crippen molar-refractivity contribution in [3.8, 4) is 0 Å². The molecule has 0 bridgehead atoms. The minimum atomic E-state index is -0.291. The number of amides is 2. The van der Waals surface area contributed by atoms with E-state index in [0.29, 0.717) is 6.42 Å². The van der Waals surface area contributed by atoms with E-state index >= 15 is 0 Å². The summed E-state index contributed by atoms with van der Waals surface area (Å²) in [4.78, 5) is 24.5. The van der Waals surface area contributed by atoms with Crippen LogP contribution < -0.4 is 10.9 Å². The predicted molar refractivity (Wildman–Crippen MR) is 101 cm³/mol. The minimum absolute atomic E-state index is 0.0839. The zero-order valence-electron chi connectivity index (χ0n) is 14.6. The Bertz CT molecular complexity index is 995. The van der Waals surface area contributed by atoms with Gasteiger partial charge in [0.1, 0.15) is 5.82 Å². The number of hydrogen-bond acceptors (Lipinski definition) is 2. The van der Waals surface area contributed by atoms with Crippen molar-refractivity contribution >= 4 is 22.6 Å². The molecule has 0 spiro atoms. The molecule has 2 atom stereocenters. The molecule has 4 nitrogen and oxygen atoms in total. The topological polar surface area (TPSA) is 58.2 Å². The lowest BCUT2D eigenvalue weighted by Gasteiger charge is -2.09. The van der Waals surface area contributed by atoms with Gasteiger partial charge in [-0.05, 0) is 46.4 Å². The summed E-state index contributed by atoms with van der Waals surface area (Å²) in [6, 6.07) is 19.9. The third-order valence-corrected chi connectivity index (χ3v) is 4.98. The van der Waals surface area contributed by atoms with Crippen molar-refractivity contribution in [2.24, 2.45) is 5.92 Å². The molecule has 3 aromatic rings. The lowest BCUT2D eigenvalue weighted by atomic mass is 10.0. The lowest BCUT2D eigenvalue weighted by molar-refractivity contribution is -0.129. The molecule has 1 aliphatic rings. The first kappa shape index (κ1) is 17.2. The number of hydrogen-bond donors (Lipinski definition) is 2. The molecule has 1 aliphatic carbocycles. The third-order valence-electron chi connectivity index (χ3n) is 4.98. The fourth-order valence-corrected chi connectivity index (χ4v) is 3.45. The Morgan fingerprint density at radius 2 is 1.67 bits per heavy atom. The van der Waals surface area contributed by atoms with Crippen molar-refractivity contribution in [2.75, 3.05) is 0 Å². The van der Waals surface area contributed by atoms with Gasteiger partial charge in [-0.3, -0.25) is 20.4 Å². The van der Waals surface area contributed by atoms with Crippen molar-refractivity contribution < 1.29 is 14.0 Å². The molecule has 0 aliphatic heterocycles. The summed E-state index contributed by atoms with van der Waals surface area (Å²) in [5.41, 5.74) is 6.87. The van der Waals surface area contributed by atoms with Gasteiger partial charge in [-0.15, -0.1) is 0 Å². The standard InChI is InChI=1S/C22H19FN2O2/c23-17-10-8-15(9-11-17)19-13-20(19)22(27)25-24-21(26)12-16-6-3-5-14-4-1-2-7-18(14)16/h1-11,19-20H,12-13H2,(H,24,26)(H,25,27). The van der Waals surface area contributed by atoms with Crippen molar-refractivity contribution in [3.05, 3.63) is 83.7 Å². The van der Waals surface area contributed by atoms with Gasteiger partial charge in [0, 0.05) is 5.92 Å². The molecule has 3 aromatic carbocycles. The molecule has 2 unspecified atom stereocenters. The number of nitrogens with one attached hydrogen (secondary N) is 2. The number of benzene rings is 3. The van der Waals surface area contributed by atoms with E-state index in [0.717, 1.165) is 21.9 Å². The van der Waals surface area contributed by atoms with Crippen LogP contribution in [-0.4, -0.2) is 11.8 Å². The van der Waals surface area contributed by atoms with Crippen molar-refractivity contribution in [1.29, 1.82) is 0 Å². The quantitative estimate of drug-likeness (QED) is 0.698. The van der Waals surface area contributed by atoms with E-state index in [2.05, 4.69) is 10.9 Å². The van der Waals surface area contributed by atoms with Gasteiger partial charge in [-0.1, -0.05) is 54.6 Å². The predicted octanol–water partition coefficient (Wildman–Crippen LogP) is 3.47. The average Bonchev–Trinajstić information content (AvgIpc) is 3.48. The van der Waals surface area contributed by atoms with Gasteiger partial charge < -0.3 is 0 Å². The van der Waals surface area contributed by atoms with Crippen LogP contribution in [0.5, 0.6) is 0 Å². The smallest absolute Gasteiger partial charge is 0.242 e. The Hall–Kier alpha value is -3.21. The first-order valence-electron chi connectivity index (χ1n) is 8.92. The molecule has 0 aromatic heterocycles. The van der Waals surface area contributed by atoms with Gasteiger partial charge in [0.2, 0.25) is 11.8 Å². The van der Waals surface area contributed by atoms with Crippen LogP contribution >= 0.6 is 0 Å². The van der Waals surface area contributed by atoms with Crippen molar-refractivity contribution in [2.45, 2.75) is 18.8 Å². The Labute approximate surface area is 156 Å². The first-order chi connectivity index (χ1) is 13.1. The van der Waals surface area contributed by atoms with Crippen LogP contribution in [0, 0.1) is 11.7 Å². The van der Waals surface area contributed by atoms with Gasteiger partial charge >= 0.3 is 0 Å². The van der Waals surface area contributed by atoms with E-state index in [-0.39, 0.29) is 35.9 Å². The maximum absolute atomic E-state index is 13.0. The van der Waals surface area contributed by atoms with Crippen LogP contribution in [0.1, 0.15) is 23.5 Å². The summed E-state index contributed by atoms with van der Waals surface area (Å²) in [6.07, 6.45) is 0.893. The monoisotopic (exact) mass is 362 g/mol. The van der Waals surface area contributed by atoms with Crippen LogP contribution in [0.3, 0.4) is 0 Å². The second-order valence-corrected chi connectivity index (χ2v) is 6.85. The molecular formula is C22H19FN2O2. The van der Waals surface area contributed by atoms with Crippen LogP contribution in [0.4, 0.5) is 4.39 Å². The number of halogens is 1. The lowest BCUT2D eigenvalue weighted by Crippen LogP contribution is -2.43. The average molecular weight is 362 g/mol. The molecule has 2 N–H and O–H groups in total.